The summed E-state index contributed by atoms with van der Waals surface area (Å²) in [6.07, 6.45) is 3.03. The van der Waals surface area contributed by atoms with Crippen LogP contribution in [-0.2, 0) is 4.79 Å². The Morgan fingerprint density at radius 2 is 2.00 bits per heavy atom. The van der Waals surface area contributed by atoms with E-state index < -0.39 is 11.6 Å². The molecule has 2 aliphatic heterocycles. The molecule has 0 bridgehead atoms. The number of rotatable bonds is 1. The lowest BCUT2D eigenvalue weighted by Gasteiger charge is -2.55. The van der Waals surface area contributed by atoms with Crippen molar-refractivity contribution >= 4 is 11.8 Å². The van der Waals surface area contributed by atoms with E-state index in [1.54, 1.807) is 22.8 Å². The molecule has 0 radical (unpaired) electrons. The van der Waals surface area contributed by atoms with Crippen molar-refractivity contribution in [3.63, 3.8) is 0 Å². The van der Waals surface area contributed by atoms with Gasteiger partial charge in [0.1, 0.15) is 6.26 Å². The molecule has 1 N–H and O–H groups in total. The van der Waals surface area contributed by atoms with Gasteiger partial charge in [0.25, 0.3) is 5.91 Å². The number of hydrogen-bond donors (Lipinski definition) is 1. The van der Waals surface area contributed by atoms with Gasteiger partial charge in [-0.3, -0.25) is 9.59 Å². The molecule has 2 aliphatic rings. The van der Waals surface area contributed by atoms with Gasteiger partial charge in [0.2, 0.25) is 5.91 Å². The average Bonchev–Trinajstić information content (AvgIpc) is 3.05. The SMILES string of the molecule is CC(=O)N1CC2(CCN(C(=O)c3ccon3)CC2)CC(O)C1(C)C. The molecule has 3 heterocycles. The minimum absolute atomic E-state index is 0.0146. The monoisotopic (exact) mass is 335 g/mol. The molecular formula is C17H25N3O4. The molecule has 7 heteroatoms. The molecule has 2 saturated heterocycles. The summed E-state index contributed by atoms with van der Waals surface area (Å²) in [7, 11) is 0. The topological polar surface area (TPSA) is 86.9 Å². The highest BCUT2D eigenvalue weighted by Crippen LogP contribution is 2.45. The highest BCUT2D eigenvalue weighted by molar-refractivity contribution is 5.92. The zero-order chi connectivity index (χ0) is 17.5. The second kappa shape index (κ2) is 5.88. The third-order valence-electron chi connectivity index (χ3n) is 5.78. The lowest BCUT2D eigenvalue weighted by atomic mass is 9.67. The Morgan fingerprint density at radius 1 is 1.33 bits per heavy atom. The molecule has 1 spiro atoms. The Labute approximate surface area is 141 Å². The third-order valence-corrected chi connectivity index (χ3v) is 5.78. The van der Waals surface area contributed by atoms with E-state index in [0.717, 1.165) is 12.8 Å². The molecule has 1 atom stereocenters. The van der Waals surface area contributed by atoms with Crippen LogP contribution in [-0.4, -0.2) is 63.2 Å². The van der Waals surface area contributed by atoms with Crippen LogP contribution >= 0.6 is 0 Å². The van der Waals surface area contributed by atoms with E-state index in [1.165, 1.54) is 6.26 Å². The number of amides is 2. The van der Waals surface area contributed by atoms with Crippen LogP contribution in [0.4, 0.5) is 0 Å². The van der Waals surface area contributed by atoms with Crippen molar-refractivity contribution in [3.05, 3.63) is 18.0 Å². The maximum atomic E-state index is 12.4. The molecule has 2 fully saturated rings. The summed E-state index contributed by atoms with van der Waals surface area (Å²) in [5.41, 5.74) is -0.354. The van der Waals surface area contributed by atoms with Crippen LogP contribution < -0.4 is 0 Å². The summed E-state index contributed by atoms with van der Waals surface area (Å²) in [6, 6.07) is 1.57. The molecule has 24 heavy (non-hydrogen) atoms. The number of likely N-dealkylation sites (tertiary alicyclic amines) is 2. The number of aromatic nitrogens is 1. The lowest BCUT2D eigenvalue weighted by molar-refractivity contribution is -0.156. The van der Waals surface area contributed by atoms with E-state index in [1.807, 2.05) is 13.8 Å². The van der Waals surface area contributed by atoms with Crippen LogP contribution in [0.1, 0.15) is 50.5 Å². The number of aliphatic hydroxyl groups excluding tert-OH is 1. The van der Waals surface area contributed by atoms with Gasteiger partial charge in [0.15, 0.2) is 5.69 Å². The van der Waals surface area contributed by atoms with Gasteiger partial charge in [-0.25, -0.2) is 0 Å². The number of carbonyl (C=O) groups excluding carboxylic acids is 2. The van der Waals surface area contributed by atoms with E-state index in [-0.39, 0.29) is 17.2 Å². The van der Waals surface area contributed by atoms with Crippen molar-refractivity contribution in [3.8, 4) is 0 Å². The van der Waals surface area contributed by atoms with Crippen molar-refractivity contribution in [2.45, 2.75) is 51.7 Å². The standard InChI is InChI=1S/C17H25N3O4/c1-12(21)20-11-17(10-14(22)16(20,2)3)5-7-19(8-6-17)15(23)13-4-9-24-18-13/h4,9,14,22H,5-8,10-11H2,1-3H3. The predicted octanol–water partition coefficient (Wildman–Crippen LogP) is 1.29. The van der Waals surface area contributed by atoms with Gasteiger partial charge >= 0.3 is 0 Å². The molecule has 0 aromatic carbocycles. The lowest BCUT2D eigenvalue weighted by Crippen LogP contribution is -2.64. The minimum atomic E-state index is -0.562. The summed E-state index contributed by atoms with van der Waals surface area (Å²) in [6.45, 7) is 7.22. The van der Waals surface area contributed by atoms with Crippen molar-refractivity contribution in [1.29, 1.82) is 0 Å². The Balaban J connectivity index is 1.71. The fourth-order valence-corrected chi connectivity index (χ4v) is 3.99. The number of aliphatic hydroxyl groups is 1. The van der Waals surface area contributed by atoms with Gasteiger partial charge in [-0.15, -0.1) is 0 Å². The first-order valence-electron chi connectivity index (χ1n) is 8.41. The molecule has 0 saturated carbocycles. The Morgan fingerprint density at radius 3 is 2.54 bits per heavy atom. The quantitative estimate of drug-likeness (QED) is 0.835. The average molecular weight is 335 g/mol. The molecular weight excluding hydrogens is 310 g/mol. The Hall–Kier alpha value is -1.89. The molecule has 3 rings (SSSR count). The number of nitrogens with zero attached hydrogens (tertiary/aromatic N) is 3. The highest BCUT2D eigenvalue weighted by atomic mass is 16.5. The second-order valence-corrected chi connectivity index (χ2v) is 7.66. The predicted molar refractivity (Wildman–Crippen MR) is 86.2 cm³/mol. The normalized spacial score (nSPS) is 25.8. The minimum Gasteiger partial charge on any atom is -0.391 e. The van der Waals surface area contributed by atoms with Crippen LogP contribution in [0.3, 0.4) is 0 Å². The maximum Gasteiger partial charge on any atom is 0.276 e. The molecule has 1 aromatic rings. The first-order chi connectivity index (χ1) is 11.3. The second-order valence-electron chi connectivity index (χ2n) is 7.66. The number of hydrogen-bond acceptors (Lipinski definition) is 5. The van der Waals surface area contributed by atoms with Gasteiger partial charge in [-0.1, -0.05) is 5.16 Å². The first kappa shape index (κ1) is 17.0. The van der Waals surface area contributed by atoms with Crippen LogP contribution in [0.2, 0.25) is 0 Å². The van der Waals surface area contributed by atoms with Crippen molar-refractivity contribution in [1.82, 2.24) is 15.0 Å². The van der Waals surface area contributed by atoms with Gasteiger partial charge in [0.05, 0.1) is 11.6 Å². The zero-order valence-corrected chi connectivity index (χ0v) is 14.5. The van der Waals surface area contributed by atoms with Crippen LogP contribution in [0.25, 0.3) is 0 Å². The molecule has 1 unspecified atom stereocenters. The van der Waals surface area contributed by atoms with Crippen molar-refractivity contribution in [2.24, 2.45) is 5.41 Å². The largest absolute Gasteiger partial charge is 0.391 e. The Bertz CT molecular complexity index is 618. The first-order valence-corrected chi connectivity index (χ1v) is 8.41. The smallest absolute Gasteiger partial charge is 0.276 e. The van der Waals surface area contributed by atoms with Crippen molar-refractivity contribution in [2.75, 3.05) is 19.6 Å². The maximum absolute atomic E-state index is 12.4. The summed E-state index contributed by atoms with van der Waals surface area (Å²) in [5.74, 6) is -0.141. The summed E-state index contributed by atoms with van der Waals surface area (Å²) < 4.78 is 4.74. The van der Waals surface area contributed by atoms with Crippen LogP contribution in [0.15, 0.2) is 16.9 Å². The molecule has 2 amide bonds. The fraction of sp³-hybridized carbons (Fsp3) is 0.706. The van der Waals surface area contributed by atoms with Gasteiger partial charge in [-0.05, 0) is 38.5 Å². The summed E-state index contributed by atoms with van der Waals surface area (Å²) in [4.78, 5) is 28.0. The van der Waals surface area contributed by atoms with E-state index in [9.17, 15) is 14.7 Å². The molecule has 0 aliphatic carbocycles. The number of piperidine rings is 2. The van der Waals surface area contributed by atoms with Crippen LogP contribution in [0, 0.1) is 5.41 Å². The van der Waals surface area contributed by atoms with Crippen LogP contribution in [0.5, 0.6) is 0 Å². The van der Waals surface area contributed by atoms with E-state index >= 15 is 0 Å². The zero-order valence-electron chi connectivity index (χ0n) is 14.5. The molecule has 132 valence electrons. The highest BCUT2D eigenvalue weighted by Gasteiger charge is 2.50. The fourth-order valence-electron chi connectivity index (χ4n) is 3.99. The molecule has 7 nitrogen and oxygen atoms in total. The van der Waals surface area contributed by atoms with E-state index in [2.05, 4.69) is 5.16 Å². The summed E-state index contributed by atoms with van der Waals surface area (Å²) >= 11 is 0. The summed E-state index contributed by atoms with van der Waals surface area (Å²) in [5, 5.41) is 14.3. The molecule has 1 aromatic heterocycles. The van der Waals surface area contributed by atoms with E-state index in [0.29, 0.717) is 31.7 Å². The van der Waals surface area contributed by atoms with Gasteiger partial charge < -0.3 is 19.4 Å². The number of carbonyl (C=O) groups is 2. The van der Waals surface area contributed by atoms with E-state index in [4.69, 9.17) is 4.52 Å². The van der Waals surface area contributed by atoms with Gasteiger partial charge in [0, 0.05) is 32.6 Å². The third kappa shape index (κ3) is 2.81. The van der Waals surface area contributed by atoms with Crippen molar-refractivity contribution < 1.29 is 19.2 Å². The Kier molecular flexibility index (Phi) is 4.15. The van der Waals surface area contributed by atoms with Gasteiger partial charge in [-0.2, -0.15) is 0 Å².